The van der Waals surface area contributed by atoms with Gasteiger partial charge in [-0.15, -0.1) is 0 Å². The highest BCUT2D eigenvalue weighted by Crippen LogP contribution is 2.44. The number of amides is 2. The van der Waals surface area contributed by atoms with Crippen molar-refractivity contribution >= 4 is 23.4 Å². The molecule has 0 radical (unpaired) electrons. The van der Waals surface area contributed by atoms with Gasteiger partial charge in [-0.3, -0.25) is 14.6 Å². The Morgan fingerprint density at radius 2 is 1.88 bits per heavy atom. The minimum atomic E-state index is -4.82. The van der Waals surface area contributed by atoms with Crippen LogP contribution in [0, 0.1) is 5.82 Å². The number of halogens is 5. The van der Waals surface area contributed by atoms with E-state index in [4.69, 9.17) is 17.3 Å². The van der Waals surface area contributed by atoms with Crippen molar-refractivity contribution in [1.29, 1.82) is 0 Å². The fourth-order valence-electron chi connectivity index (χ4n) is 4.40. The van der Waals surface area contributed by atoms with Crippen molar-refractivity contribution in [2.24, 2.45) is 5.73 Å². The highest BCUT2D eigenvalue weighted by atomic mass is 35.5. The van der Waals surface area contributed by atoms with Gasteiger partial charge in [-0.05, 0) is 54.3 Å². The van der Waals surface area contributed by atoms with Crippen LogP contribution in [-0.2, 0) is 17.4 Å². The van der Waals surface area contributed by atoms with Gasteiger partial charge < -0.3 is 10.6 Å². The van der Waals surface area contributed by atoms with Crippen molar-refractivity contribution in [2.45, 2.75) is 31.1 Å². The summed E-state index contributed by atoms with van der Waals surface area (Å²) >= 11 is 6.05. The standard InChI is InChI=1S/C24H18ClF4N3O2/c25-14-10-17-15(19(26)11-14)7-8-20(17)32(21(22(30)33)13-4-3-9-31-12-13)23(34)16-5-1-2-6-18(16)24(27,28)29/h1-6,9-12,20-21H,7-8H2,(H2,30,33)/t20-,21-/m1/s1. The van der Waals surface area contributed by atoms with Crippen LogP contribution < -0.4 is 5.73 Å². The summed E-state index contributed by atoms with van der Waals surface area (Å²) in [6, 6.07) is 7.45. The summed E-state index contributed by atoms with van der Waals surface area (Å²) in [6.45, 7) is 0. The van der Waals surface area contributed by atoms with Crippen LogP contribution in [0.1, 0.15) is 51.1 Å². The molecule has 0 unspecified atom stereocenters. The summed E-state index contributed by atoms with van der Waals surface area (Å²) in [6.07, 6.45) is -1.72. The third-order valence-electron chi connectivity index (χ3n) is 5.80. The quantitative estimate of drug-likeness (QED) is 0.495. The maximum Gasteiger partial charge on any atom is 0.417 e. The fourth-order valence-corrected chi connectivity index (χ4v) is 4.62. The zero-order valence-electron chi connectivity index (χ0n) is 17.5. The molecular weight excluding hydrogens is 474 g/mol. The normalized spacial score (nSPS) is 16.1. The molecule has 1 heterocycles. The lowest BCUT2D eigenvalue weighted by Gasteiger charge is -2.36. The van der Waals surface area contributed by atoms with Crippen LogP contribution in [0.15, 0.2) is 60.9 Å². The zero-order chi connectivity index (χ0) is 24.6. The van der Waals surface area contributed by atoms with Crippen LogP contribution in [-0.4, -0.2) is 21.7 Å². The van der Waals surface area contributed by atoms with Crippen LogP contribution in [0.4, 0.5) is 17.6 Å². The van der Waals surface area contributed by atoms with Crippen LogP contribution in [0.2, 0.25) is 5.02 Å². The maximum absolute atomic E-state index is 14.6. The van der Waals surface area contributed by atoms with Crippen LogP contribution in [0.3, 0.4) is 0 Å². The Kier molecular flexibility index (Phi) is 6.31. The number of alkyl halides is 3. The second kappa shape index (κ2) is 9.06. The number of primary amides is 1. The Hall–Kier alpha value is -3.46. The molecule has 4 rings (SSSR count). The molecular formula is C24H18ClF4N3O2. The van der Waals surface area contributed by atoms with Crippen LogP contribution in [0.5, 0.6) is 0 Å². The van der Waals surface area contributed by atoms with E-state index in [1.165, 1.54) is 36.7 Å². The van der Waals surface area contributed by atoms with Gasteiger partial charge in [-0.1, -0.05) is 29.8 Å². The van der Waals surface area contributed by atoms with Gasteiger partial charge >= 0.3 is 6.18 Å². The molecule has 1 aromatic heterocycles. The van der Waals surface area contributed by atoms with Gasteiger partial charge in [0.25, 0.3) is 5.91 Å². The van der Waals surface area contributed by atoms with Crippen molar-refractivity contribution < 1.29 is 27.2 Å². The number of benzene rings is 2. The summed E-state index contributed by atoms with van der Waals surface area (Å²) in [5.74, 6) is -2.63. The Bertz CT molecular complexity index is 1250. The number of nitrogens with zero attached hydrogens (tertiary/aromatic N) is 2. The number of nitrogens with two attached hydrogens (primary N) is 1. The molecule has 2 atom stereocenters. The highest BCUT2D eigenvalue weighted by molar-refractivity contribution is 6.30. The van der Waals surface area contributed by atoms with E-state index < -0.39 is 47.0 Å². The number of hydrogen-bond acceptors (Lipinski definition) is 3. The van der Waals surface area contributed by atoms with Gasteiger partial charge in [0, 0.05) is 23.0 Å². The van der Waals surface area contributed by atoms with Crippen LogP contribution in [0.25, 0.3) is 0 Å². The first-order valence-electron chi connectivity index (χ1n) is 10.3. The highest BCUT2D eigenvalue weighted by Gasteiger charge is 2.43. The van der Waals surface area contributed by atoms with E-state index in [1.807, 2.05) is 0 Å². The molecule has 176 valence electrons. The second-order valence-electron chi connectivity index (χ2n) is 7.86. The molecule has 2 N–H and O–H groups in total. The number of carbonyl (C=O) groups is 2. The molecule has 10 heteroatoms. The van der Waals surface area contributed by atoms with Gasteiger partial charge in [0.05, 0.1) is 17.2 Å². The van der Waals surface area contributed by atoms with E-state index in [2.05, 4.69) is 4.98 Å². The van der Waals surface area contributed by atoms with Crippen molar-refractivity contribution in [1.82, 2.24) is 9.88 Å². The van der Waals surface area contributed by atoms with E-state index in [-0.39, 0.29) is 29.0 Å². The molecule has 1 aliphatic carbocycles. The largest absolute Gasteiger partial charge is 0.417 e. The zero-order valence-corrected chi connectivity index (χ0v) is 18.3. The molecule has 0 bridgehead atoms. The average molecular weight is 492 g/mol. The van der Waals surface area contributed by atoms with Gasteiger partial charge in [-0.25, -0.2) is 4.39 Å². The number of rotatable bonds is 5. The average Bonchev–Trinajstić information content (AvgIpc) is 3.20. The summed E-state index contributed by atoms with van der Waals surface area (Å²) in [7, 11) is 0. The molecule has 34 heavy (non-hydrogen) atoms. The van der Waals surface area contributed by atoms with Crippen molar-refractivity contribution in [3.05, 3.63) is 99.6 Å². The minimum absolute atomic E-state index is 0.0586. The second-order valence-corrected chi connectivity index (χ2v) is 8.29. The number of hydrogen-bond donors (Lipinski definition) is 1. The van der Waals surface area contributed by atoms with Crippen molar-refractivity contribution in [2.75, 3.05) is 0 Å². The summed E-state index contributed by atoms with van der Waals surface area (Å²) < 4.78 is 55.8. The lowest BCUT2D eigenvalue weighted by Crippen LogP contribution is -2.44. The molecule has 2 aromatic carbocycles. The summed E-state index contributed by atoms with van der Waals surface area (Å²) in [5.41, 5.74) is 4.68. The van der Waals surface area contributed by atoms with E-state index in [0.717, 1.165) is 29.2 Å². The first-order valence-corrected chi connectivity index (χ1v) is 10.6. The van der Waals surface area contributed by atoms with E-state index >= 15 is 0 Å². The Morgan fingerprint density at radius 3 is 2.53 bits per heavy atom. The summed E-state index contributed by atoms with van der Waals surface area (Å²) in [5, 5.41) is 0.0586. The lowest BCUT2D eigenvalue weighted by molar-refractivity contribution is -0.138. The predicted octanol–water partition coefficient (Wildman–Crippen LogP) is 5.25. The van der Waals surface area contributed by atoms with Gasteiger partial charge in [-0.2, -0.15) is 13.2 Å². The van der Waals surface area contributed by atoms with Crippen LogP contribution >= 0.6 is 11.6 Å². The molecule has 0 aliphatic heterocycles. The van der Waals surface area contributed by atoms with Gasteiger partial charge in [0.1, 0.15) is 11.9 Å². The molecule has 0 saturated carbocycles. The molecule has 0 fully saturated rings. The Labute approximate surface area is 197 Å². The third kappa shape index (κ3) is 4.35. The molecule has 1 aliphatic rings. The van der Waals surface area contributed by atoms with Gasteiger partial charge in [0.2, 0.25) is 5.91 Å². The molecule has 2 amide bonds. The predicted molar refractivity (Wildman–Crippen MR) is 116 cm³/mol. The maximum atomic E-state index is 14.6. The molecule has 5 nitrogen and oxygen atoms in total. The summed E-state index contributed by atoms with van der Waals surface area (Å²) in [4.78, 5) is 31.4. The van der Waals surface area contributed by atoms with Crippen molar-refractivity contribution in [3.8, 4) is 0 Å². The number of carbonyl (C=O) groups excluding carboxylic acids is 2. The molecule has 0 spiro atoms. The monoisotopic (exact) mass is 491 g/mol. The topological polar surface area (TPSA) is 76.3 Å². The fraction of sp³-hybridized carbons (Fsp3) is 0.208. The van der Waals surface area contributed by atoms with E-state index in [9.17, 15) is 27.2 Å². The third-order valence-corrected chi connectivity index (χ3v) is 6.02. The smallest absolute Gasteiger partial charge is 0.368 e. The molecule has 0 saturated heterocycles. The first kappa shape index (κ1) is 23.7. The van der Waals surface area contributed by atoms with E-state index in [0.29, 0.717) is 5.56 Å². The minimum Gasteiger partial charge on any atom is -0.368 e. The Morgan fingerprint density at radius 1 is 1.15 bits per heavy atom. The number of fused-ring (bicyclic) bond motifs is 1. The number of aromatic nitrogens is 1. The SMILES string of the molecule is NC(=O)[C@@H](c1cccnc1)N(C(=O)c1ccccc1C(F)(F)F)[C@@H]1CCc2c(F)cc(Cl)cc21. The lowest BCUT2D eigenvalue weighted by atomic mass is 9.97. The molecule has 3 aromatic rings. The van der Waals surface area contributed by atoms with E-state index in [1.54, 1.807) is 0 Å². The van der Waals surface area contributed by atoms with Crippen molar-refractivity contribution in [3.63, 3.8) is 0 Å². The Balaban J connectivity index is 1.93. The first-order chi connectivity index (χ1) is 16.1. The number of pyridine rings is 1. The van der Waals surface area contributed by atoms with Gasteiger partial charge in [0.15, 0.2) is 0 Å².